The molecule has 41 heavy (non-hydrogen) atoms. The van der Waals surface area contributed by atoms with Crippen molar-refractivity contribution < 1.29 is 23.5 Å². The number of carbonyl (C=O) groups is 2. The highest BCUT2D eigenvalue weighted by atomic mass is 79.9. The smallest absolute Gasteiger partial charge is 0.162 e. The SMILES string of the molecule is COCCCN1C2=C(C(=O)CC(C)(C)C2)C(c2cc(Br)ccc2OCc2ccc(F)cc2)C2=C1CC(C)(C)CC2=O. The normalized spacial score (nSPS) is 20.3. The van der Waals surface area contributed by atoms with Gasteiger partial charge in [-0.1, -0.05) is 55.8 Å². The van der Waals surface area contributed by atoms with Crippen LogP contribution in [-0.2, 0) is 20.9 Å². The van der Waals surface area contributed by atoms with Crippen molar-refractivity contribution in [1.82, 2.24) is 4.90 Å². The lowest BCUT2D eigenvalue weighted by Crippen LogP contribution is -2.44. The van der Waals surface area contributed by atoms with Crippen LogP contribution in [0.1, 0.15) is 76.8 Å². The van der Waals surface area contributed by atoms with Crippen LogP contribution in [0.2, 0.25) is 0 Å². The lowest BCUT2D eigenvalue weighted by Gasteiger charge is -2.49. The van der Waals surface area contributed by atoms with E-state index in [0.29, 0.717) is 31.7 Å². The van der Waals surface area contributed by atoms with Gasteiger partial charge < -0.3 is 14.4 Å². The quantitative estimate of drug-likeness (QED) is 0.280. The molecule has 0 unspecified atom stereocenters. The number of nitrogens with zero attached hydrogens (tertiary/aromatic N) is 1. The van der Waals surface area contributed by atoms with E-state index in [4.69, 9.17) is 9.47 Å². The van der Waals surface area contributed by atoms with Crippen LogP contribution >= 0.6 is 15.9 Å². The number of carbonyl (C=O) groups excluding carboxylic acids is 2. The van der Waals surface area contributed by atoms with Crippen molar-refractivity contribution in [3.8, 4) is 5.75 Å². The van der Waals surface area contributed by atoms with Gasteiger partial charge in [0, 0.05) is 71.6 Å². The minimum absolute atomic E-state index is 0.0895. The summed E-state index contributed by atoms with van der Waals surface area (Å²) in [6, 6.07) is 12.0. The molecule has 218 valence electrons. The van der Waals surface area contributed by atoms with Gasteiger partial charge in [-0.15, -0.1) is 0 Å². The molecule has 0 radical (unpaired) electrons. The number of hydrogen-bond donors (Lipinski definition) is 0. The minimum Gasteiger partial charge on any atom is -0.489 e. The Morgan fingerprint density at radius 1 is 0.902 bits per heavy atom. The summed E-state index contributed by atoms with van der Waals surface area (Å²) in [4.78, 5) is 30.5. The average molecular weight is 625 g/mol. The fourth-order valence-corrected chi connectivity index (χ4v) is 6.99. The zero-order chi connectivity index (χ0) is 29.5. The Bertz CT molecular complexity index is 1370. The number of methoxy groups -OCH3 is 1. The maximum Gasteiger partial charge on any atom is 0.162 e. The second-order valence-corrected chi connectivity index (χ2v) is 14.0. The van der Waals surface area contributed by atoms with Gasteiger partial charge in [-0.25, -0.2) is 4.39 Å². The van der Waals surface area contributed by atoms with Crippen LogP contribution in [0.4, 0.5) is 4.39 Å². The Morgan fingerprint density at radius 2 is 1.49 bits per heavy atom. The fourth-order valence-electron chi connectivity index (χ4n) is 6.61. The molecule has 0 fully saturated rings. The summed E-state index contributed by atoms with van der Waals surface area (Å²) >= 11 is 3.64. The van der Waals surface area contributed by atoms with E-state index >= 15 is 0 Å². The average Bonchev–Trinajstić information content (AvgIpc) is 2.88. The molecule has 2 aromatic rings. The molecule has 0 spiro atoms. The monoisotopic (exact) mass is 623 g/mol. The molecule has 0 aromatic heterocycles. The standard InChI is InChI=1S/C34H39BrFNO4/c1-33(2)16-25-31(27(38)18-33)30(32-26(37(25)13-6-14-40-5)17-34(3,4)19-28(32)39)24-15-22(35)9-12-29(24)41-20-21-7-10-23(36)11-8-21/h7-12,15,30H,6,13-14,16-20H2,1-5H3. The first-order valence-electron chi connectivity index (χ1n) is 14.3. The zero-order valence-electron chi connectivity index (χ0n) is 24.6. The number of ether oxygens (including phenoxy) is 2. The van der Waals surface area contributed by atoms with Crippen molar-refractivity contribution in [2.75, 3.05) is 20.3 Å². The molecule has 1 aliphatic heterocycles. The molecular formula is C34H39BrFNO4. The van der Waals surface area contributed by atoms with Crippen LogP contribution in [0, 0.1) is 16.6 Å². The Hall–Kier alpha value is -2.77. The molecule has 0 amide bonds. The first-order valence-corrected chi connectivity index (χ1v) is 15.1. The van der Waals surface area contributed by atoms with Crippen molar-refractivity contribution in [3.63, 3.8) is 0 Å². The topological polar surface area (TPSA) is 55.8 Å². The van der Waals surface area contributed by atoms with E-state index in [1.807, 2.05) is 18.2 Å². The maximum absolute atomic E-state index is 14.1. The van der Waals surface area contributed by atoms with Gasteiger partial charge in [0.1, 0.15) is 18.2 Å². The van der Waals surface area contributed by atoms with Crippen molar-refractivity contribution >= 4 is 27.5 Å². The van der Waals surface area contributed by atoms with Crippen molar-refractivity contribution in [1.29, 1.82) is 0 Å². The van der Waals surface area contributed by atoms with E-state index in [1.54, 1.807) is 19.2 Å². The Kier molecular flexibility index (Phi) is 8.32. The lowest BCUT2D eigenvalue weighted by molar-refractivity contribution is -0.119. The summed E-state index contributed by atoms with van der Waals surface area (Å²) in [5, 5.41) is 0. The summed E-state index contributed by atoms with van der Waals surface area (Å²) in [5.74, 6) is -0.0130. The van der Waals surface area contributed by atoms with Gasteiger partial charge in [0.2, 0.25) is 0 Å². The van der Waals surface area contributed by atoms with E-state index in [9.17, 15) is 14.0 Å². The Labute approximate surface area is 250 Å². The van der Waals surface area contributed by atoms with Crippen LogP contribution in [0.15, 0.2) is 69.5 Å². The highest BCUT2D eigenvalue weighted by Gasteiger charge is 2.49. The summed E-state index contributed by atoms with van der Waals surface area (Å²) in [6.45, 7) is 10.1. The number of Topliss-reactive ketones (excluding diaryl/α,β-unsaturated/α-hetero) is 2. The summed E-state index contributed by atoms with van der Waals surface area (Å²) in [5.41, 5.74) is 4.76. The summed E-state index contributed by atoms with van der Waals surface area (Å²) < 4.78 is 26.1. The van der Waals surface area contributed by atoms with E-state index in [-0.39, 0.29) is 34.8 Å². The molecule has 5 nitrogen and oxygen atoms in total. The maximum atomic E-state index is 14.1. The van der Waals surface area contributed by atoms with Crippen LogP contribution in [0.25, 0.3) is 0 Å². The van der Waals surface area contributed by atoms with Gasteiger partial charge in [-0.05, 0) is 66.0 Å². The van der Waals surface area contributed by atoms with Gasteiger partial charge >= 0.3 is 0 Å². The molecule has 2 aliphatic carbocycles. The van der Waals surface area contributed by atoms with Crippen LogP contribution < -0.4 is 4.74 Å². The summed E-state index contributed by atoms with van der Waals surface area (Å²) in [6.07, 6.45) is 3.15. The third-order valence-electron chi connectivity index (χ3n) is 8.34. The molecule has 0 atom stereocenters. The molecule has 1 heterocycles. The van der Waals surface area contributed by atoms with Crippen molar-refractivity contribution in [2.45, 2.75) is 72.3 Å². The second kappa shape index (κ2) is 11.5. The number of halogens is 2. The number of hydrogen-bond acceptors (Lipinski definition) is 5. The van der Waals surface area contributed by atoms with E-state index in [1.165, 1.54) is 12.1 Å². The first-order chi connectivity index (χ1) is 19.4. The number of allylic oxidation sites excluding steroid dienone is 4. The molecule has 7 heteroatoms. The predicted molar refractivity (Wildman–Crippen MR) is 161 cm³/mol. The van der Waals surface area contributed by atoms with E-state index < -0.39 is 5.92 Å². The molecule has 0 saturated carbocycles. The van der Waals surface area contributed by atoms with E-state index in [2.05, 4.69) is 48.5 Å². The molecule has 0 bridgehead atoms. The van der Waals surface area contributed by atoms with Gasteiger partial charge in [0.25, 0.3) is 0 Å². The third kappa shape index (κ3) is 6.21. The summed E-state index contributed by atoms with van der Waals surface area (Å²) in [7, 11) is 1.70. The molecule has 2 aromatic carbocycles. The fraction of sp³-hybridized carbons (Fsp3) is 0.471. The second-order valence-electron chi connectivity index (χ2n) is 13.1. The lowest BCUT2D eigenvalue weighted by atomic mass is 9.63. The van der Waals surface area contributed by atoms with Gasteiger partial charge in [0.05, 0.1) is 0 Å². The van der Waals surface area contributed by atoms with Crippen LogP contribution in [-0.4, -0.2) is 36.7 Å². The zero-order valence-corrected chi connectivity index (χ0v) is 26.2. The van der Waals surface area contributed by atoms with Crippen molar-refractivity contribution in [3.05, 3.63) is 86.4 Å². The number of rotatable bonds is 8. The van der Waals surface area contributed by atoms with Gasteiger partial charge in [-0.3, -0.25) is 9.59 Å². The third-order valence-corrected chi connectivity index (χ3v) is 8.84. The van der Waals surface area contributed by atoms with E-state index in [0.717, 1.165) is 57.4 Å². The molecule has 0 saturated heterocycles. The number of benzene rings is 2. The van der Waals surface area contributed by atoms with Crippen LogP contribution in [0.3, 0.4) is 0 Å². The Balaban J connectivity index is 1.68. The molecule has 0 N–H and O–H groups in total. The van der Waals surface area contributed by atoms with Gasteiger partial charge in [-0.2, -0.15) is 0 Å². The largest absolute Gasteiger partial charge is 0.489 e. The molecule has 5 rings (SSSR count). The minimum atomic E-state index is -0.508. The molecular weight excluding hydrogens is 585 g/mol. The first kappa shape index (κ1) is 29.7. The molecule has 3 aliphatic rings. The predicted octanol–water partition coefficient (Wildman–Crippen LogP) is 7.89. The highest BCUT2D eigenvalue weighted by molar-refractivity contribution is 9.10. The number of ketones is 2. The highest BCUT2D eigenvalue weighted by Crippen LogP contribution is 2.55. The Morgan fingerprint density at radius 3 is 2.05 bits per heavy atom. The van der Waals surface area contributed by atoms with Gasteiger partial charge in [0.15, 0.2) is 11.6 Å². The van der Waals surface area contributed by atoms with Crippen LogP contribution in [0.5, 0.6) is 5.75 Å². The van der Waals surface area contributed by atoms with Crippen molar-refractivity contribution in [2.24, 2.45) is 10.8 Å².